The Kier molecular flexibility index (Phi) is 3.50. The Bertz CT molecular complexity index is 128. The Hall–Kier alpha value is -0.120. The van der Waals surface area contributed by atoms with Gasteiger partial charge < -0.3 is 15.3 Å². The first-order valence-electron chi connectivity index (χ1n) is 4.70. The predicted molar refractivity (Wildman–Crippen MR) is 50.2 cm³/mol. The van der Waals surface area contributed by atoms with Crippen molar-refractivity contribution in [2.75, 3.05) is 33.7 Å². The highest BCUT2D eigenvalue weighted by molar-refractivity contribution is 4.84. The Morgan fingerprint density at radius 2 is 2.08 bits per heavy atom. The molecule has 12 heavy (non-hydrogen) atoms. The fraction of sp³-hybridized carbons (Fsp3) is 1.00. The highest BCUT2D eigenvalue weighted by atomic mass is 16.3. The van der Waals surface area contributed by atoms with Gasteiger partial charge in [0.25, 0.3) is 0 Å². The topological polar surface area (TPSA) is 35.5 Å². The number of nitrogens with zero attached hydrogens (tertiary/aromatic N) is 1. The van der Waals surface area contributed by atoms with Gasteiger partial charge in [0, 0.05) is 6.54 Å². The summed E-state index contributed by atoms with van der Waals surface area (Å²) in [4.78, 5) is 2.06. The molecule has 0 unspecified atom stereocenters. The Morgan fingerprint density at radius 3 is 2.75 bits per heavy atom. The second kappa shape index (κ2) is 4.21. The van der Waals surface area contributed by atoms with E-state index in [1.165, 1.54) is 0 Å². The molecular weight excluding hydrogens is 152 g/mol. The summed E-state index contributed by atoms with van der Waals surface area (Å²) in [7, 11) is 4.02. The van der Waals surface area contributed by atoms with E-state index in [-0.39, 0.29) is 0 Å². The predicted octanol–water partition coefficient (Wildman–Crippen LogP) is 0.0526. The molecule has 1 atom stereocenters. The first kappa shape index (κ1) is 9.96. The van der Waals surface area contributed by atoms with E-state index >= 15 is 0 Å². The average Bonchev–Trinajstić information content (AvgIpc) is 2.12. The summed E-state index contributed by atoms with van der Waals surface area (Å²) >= 11 is 0. The van der Waals surface area contributed by atoms with E-state index < -0.39 is 5.60 Å². The molecule has 3 nitrogen and oxygen atoms in total. The van der Waals surface area contributed by atoms with Crippen molar-refractivity contribution >= 4 is 0 Å². The standard InChI is InChI=1S/C9H20N2O/c1-11(2)8-9(12)4-3-6-10-7-5-9/h10,12H,3-8H2,1-2H3/t9-/m1/s1. The van der Waals surface area contributed by atoms with Crippen LogP contribution in [-0.2, 0) is 0 Å². The third kappa shape index (κ3) is 3.09. The van der Waals surface area contributed by atoms with Crippen molar-refractivity contribution in [3.63, 3.8) is 0 Å². The van der Waals surface area contributed by atoms with Gasteiger partial charge in [0.15, 0.2) is 0 Å². The zero-order chi connectivity index (χ0) is 9.03. The van der Waals surface area contributed by atoms with Crippen LogP contribution in [0.3, 0.4) is 0 Å². The normalized spacial score (nSPS) is 32.0. The van der Waals surface area contributed by atoms with Crippen molar-refractivity contribution in [2.24, 2.45) is 0 Å². The number of hydrogen-bond acceptors (Lipinski definition) is 3. The fourth-order valence-electron chi connectivity index (χ4n) is 1.86. The molecule has 0 aromatic rings. The third-order valence-corrected chi connectivity index (χ3v) is 2.37. The van der Waals surface area contributed by atoms with Crippen LogP contribution in [0.1, 0.15) is 19.3 Å². The Labute approximate surface area is 74.8 Å². The number of rotatable bonds is 2. The van der Waals surface area contributed by atoms with Gasteiger partial charge in [-0.25, -0.2) is 0 Å². The first-order valence-corrected chi connectivity index (χ1v) is 4.70. The molecule has 1 aliphatic heterocycles. The highest BCUT2D eigenvalue weighted by Gasteiger charge is 2.27. The van der Waals surface area contributed by atoms with E-state index in [1.54, 1.807) is 0 Å². The van der Waals surface area contributed by atoms with Crippen molar-refractivity contribution in [1.82, 2.24) is 10.2 Å². The molecule has 0 aliphatic carbocycles. The van der Waals surface area contributed by atoms with Gasteiger partial charge in [-0.2, -0.15) is 0 Å². The van der Waals surface area contributed by atoms with Crippen LogP contribution in [-0.4, -0.2) is 49.3 Å². The van der Waals surface area contributed by atoms with Gasteiger partial charge in [-0.05, 0) is 46.4 Å². The molecule has 2 N–H and O–H groups in total. The first-order chi connectivity index (χ1) is 5.62. The lowest BCUT2D eigenvalue weighted by Gasteiger charge is -2.29. The molecule has 1 heterocycles. The molecule has 0 aromatic heterocycles. The molecule has 0 saturated carbocycles. The lowest BCUT2D eigenvalue weighted by molar-refractivity contribution is 0.00504. The summed E-state index contributed by atoms with van der Waals surface area (Å²) in [5.74, 6) is 0. The largest absolute Gasteiger partial charge is 0.389 e. The highest BCUT2D eigenvalue weighted by Crippen LogP contribution is 2.19. The maximum absolute atomic E-state index is 10.1. The Balaban J connectivity index is 2.42. The molecule has 0 spiro atoms. The molecule has 3 heteroatoms. The van der Waals surface area contributed by atoms with Gasteiger partial charge in [0.2, 0.25) is 0 Å². The summed E-state index contributed by atoms with van der Waals surface area (Å²) in [6.45, 7) is 2.79. The van der Waals surface area contributed by atoms with Crippen LogP contribution in [0.15, 0.2) is 0 Å². The molecular formula is C9H20N2O. The van der Waals surface area contributed by atoms with E-state index in [4.69, 9.17) is 0 Å². The number of likely N-dealkylation sites (N-methyl/N-ethyl adjacent to an activating group) is 1. The van der Waals surface area contributed by atoms with Crippen molar-refractivity contribution in [2.45, 2.75) is 24.9 Å². The minimum absolute atomic E-state index is 0.451. The molecule has 0 amide bonds. The zero-order valence-electron chi connectivity index (χ0n) is 8.14. The summed E-state index contributed by atoms with van der Waals surface area (Å²) in [6.07, 6.45) is 2.90. The van der Waals surface area contributed by atoms with Crippen molar-refractivity contribution < 1.29 is 5.11 Å². The average molecular weight is 172 g/mol. The van der Waals surface area contributed by atoms with Crippen molar-refractivity contribution in [1.29, 1.82) is 0 Å². The smallest absolute Gasteiger partial charge is 0.0786 e. The molecule has 72 valence electrons. The van der Waals surface area contributed by atoms with Gasteiger partial charge in [-0.1, -0.05) is 0 Å². The van der Waals surface area contributed by atoms with Crippen LogP contribution in [0.5, 0.6) is 0 Å². The maximum atomic E-state index is 10.1. The van der Waals surface area contributed by atoms with E-state index in [0.29, 0.717) is 0 Å². The van der Waals surface area contributed by atoms with E-state index in [0.717, 1.165) is 38.9 Å². The maximum Gasteiger partial charge on any atom is 0.0786 e. The van der Waals surface area contributed by atoms with Crippen LogP contribution in [0.25, 0.3) is 0 Å². The van der Waals surface area contributed by atoms with E-state index in [2.05, 4.69) is 10.2 Å². The van der Waals surface area contributed by atoms with Crippen LogP contribution >= 0.6 is 0 Å². The molecule has 0 bridgehead atoms. The van der Waals surface area contributed by atoms with Crippen molar-refractivity contribution in [3.05, 3.63) is 0 Å². The lowest BCUT2D eigenvalue weighted by Crippen LogP contribution is -2.40. The van der Waals surface area contributed by atoms with Crippen molar-refractivity contribution in [3.8, 4) is 0 Å². The fourth-order valence-corrected chi connectivity index (χ4v) is 1.86. The quantitative estimate of drug-likeness (QED) is 0.618. The number of hydrogen-bond donors (Lipinski definition) is 2. The van der Waals surface area contributed by atoms with E-state index in [9.17, 15) is 5.11 Å². The number of aliphatic hydroxyl groups is 1. The minimum Gasteiger partial charge on any atom is -0.389 e. The molecule has 0 aromatic carbocycles. The van der Waals surface area contributed by atoms with Gasteiger partial charge in [-0.3, -0.25) is 0 Å². The molecule has 1 aliphatic rings. The third-order valence-electron chi connectivity index (χ3n) is 2.37. The second-order valence-corrected chi connectivity index (χ2v) is 4.07. The van der Waals surface area contributed by atoms with E-state index in [1.807, 2.05) is 14.1 Å². The SMILES string of the molecule is CN(C)C[C@@]1(O)CCCNCC1. The summed E-state index contributed by atoms with van der Waals surface area (Å²) in [5, 5.41) is 13.4. The lowest BCUT2D eigenvalue weighted by atomic mass is 9.94. The molecule has 1 fully saturated rings. The molecule has 1 rings (SSSR count). The monoisotopic (exact) mass is 172 g/mol. The van der Waals surface area contributed by atoms with Crippen LogP contribution in [0.2, 0.25) is 0 Å². The minimum atomic E-state index is -0.451. The summed E-state index contributed by atoms with van der Waals surface area (Å²) < 4.78 is 0. The molecule has 1 saturated heterocycles. The summed E-state index contributed by atoms with van der Waals surface area (Å²) in [5.41, 5.74) is -0.451. The number of nitrogens with one attached hydrogen (secondary N) is 1. The second-order valence-electron chi connectivity index (χ2n) is 4.07. The van der Waals surface area contributed by atoms with Crippen LogP contribution < -0.4 is 5.32 Å². The Morgan fingerprint density at radius 1 is 1.33 bits per heavy atom. The van der Waals surface area contributed by atoms with Gasteiger partial charge >= 0.3 is 0 Å². The molecule has 0 radical (unpaired) electrons. The van der Waals surface area contributed by atoms with Gasteiger partial charge in [-0.15, -0.1) is 0 Å². The van der Waals surface area contributed by atoms with Crippen LogP contribution in [0.4, 0.5) is 0 Å². The van der Waals surface area contributed by atoms with Crippen LogP contribution in [0, 0.1) is 0 Å². The van der Waals surface area contributed by atoms with Gasteiger partial charge in [0.1, 0.15) is 0 Å². The van der Waals surface area contributed by atoms with Gasteiger partial charge in [0.05, 0.1) is 5.60 Å². The summed E-state index contributed by atoms with van der Waals surface area (Å²) in [6, 6.07) is 0. The zero-order valence-corrected chi connectivity index (χ0v) is 8.14.